The van der Waals surface area contributed by atoms with Crippen LogP contribution in [0.2, 0.25) is 0 Å². The monoisotopic (exact) mass is 513 g/mol. The first-order valence-corrected chi connectivity index (χ1v) is 13.4. The summed E-state index contributed by atoms with van der Waals surface area (Å²) in [6, 6.07) is 12.4. The van der Waals surface area contributed by atoms with E-state index in [9.17, 15) is 17.6 Å². The predicted octanol–water partition coefficient (Wildman–Crippen LogP) is 3.89. The lowest BCUT2D eigenvalue weighted by Gasteiger charge is -2.19. The van der Waals surface area contributed by atoms with Crippen molar-refractivity contribution in [3.63, 3.8) is 0 Å². The molecule has 190 valence electrons. The molecule has 0 fully saturated rings. The molecule has 0 aliphatic rings. The zero-order chi connectivity index (χ0) is 26.2. The molecule has 0 radical (unpaired) electrons. The molecule has 0 aliphatic carbocycles. The summed E-state index contributed by atoms with van der Waals surface area (Å²) in [4.78, 5) is 18.0. The van der Waals surface area contributed by atoms with Crippen LogP contribution in [0, 0.1) is 12.7 Å². The Kier molecular flexibility index (Phi) is 6.90. The van der Waals surface area contributed by atoms with Crippen molar-refractivity contribution in [1.29, 1.82) is 0 Å². The normalized spacial score (nSPS) is 12.6. The molecule has 2 heterocycles. The summed E-state index contributed by atoms with van der Waals surface area (Å²) in [5, 5.41) is 0. The molecule has 0 bridgehead atoms. The van der Waals surface area contributed by atoms with Crippen LogP contribution in [0.25, 0.3) is 22.2 Å². The molecule has 0 N–H and O–H groups in total. The van der Waals surface area contributed by atoms with Crippen molar-refractivity contribution < 1.29 is 22.3 Å². The van der Waals surface area contributed by atoms with Gasteiger partial charge in [0.1, 0.15) is 15.7 Å². The van der Waals surface area contributed by atoms with Gasteiger partial charge in [-0.3, -0.25) is 9.13 Å². The van der Waals surface area contributed by atoms with Gasteiger partial charge in [-0.25, -0.2) is 22.6 Å². The number of fused-ring (bicyclic) bond motifs is 1. The Hall–Kier alpha value is -3.66. The number of ether oxygens (including phenoxy) is 2. The Labute approximate surface area is 208 Å². The second-order valence-corrected chi connectivity index (χ2v) is 10.8. The smallest absolute Gasteiger partial charge is 0.329 e. The molecule has 1 unspecified atom stereocenters. The second-order valence-electron chi connectivity index (χ2n) is 8.66. The van der Waals surface area contributed by atoms with Crippen molar-refractivity contribution in [2.45, 2.75) is 19.9 Å². The van der Waals surface area contributed by atoms with Crippen LogP contribution in [-0.2, 0) is 16.9 Å². The summed E-state index contributed by atoms with van der Waals surface area (Å²) in [5.41, 5.74) is 3.55. The van der Waals surface area contributed by atoms with Crippen LogP contribution in [0.3, 0.4) is 0 Å². The fourth-order valence-electron chi connectivity index (χ4n) is 4.39. The highest BCUT2D eigenvalue weighted by atomic mass is 32.2. The maximum absolute atomic E-state index is 13.6. The van der Waals surface area contributed by atoms with Crippen LogP contribution in [0.1, 0.15) is 24.2 Å². The standard InChI is InChI=1S/C26H28FN3O5S/c1-6-35-25-24(34-4)12-10-20(28-25)23(15-36(5,32)33)30-21-11-7-17(14-22(21)29(3)26(30)31)19-9-8-18(27)13-16(19)2/h7-14,23H,6,15H2,1-5H3. The summed E-state index contributed by atoms with van der Waals surface area (Å²) < 4.78 is 52.3. The molecule has 10 heteroatoms. The van der Waals surface area contributed by atoms with E-state index in [0.717, 1.165) is 22.9 Å². The number of halogens is 1. The highest BCUT2D eigenvalue weighted by Gasteiger charge is 2.27. The lowest BCUT2D eigenvalue weighted by atomic mass is 10.00. The molecular weight excluding hydrogens is 485 g/mol. The minimum atomic E-state index is -3.51. The van der Waals surface area contributed by atoms with Crippen molar-refractivity contribution in [3.8, 4) is 22.8 Å². The van der Waals surface area contributed by atoms with Crippen molar-refractivity contribution in [2.75, 3.05) is 25.7 Å². The van der Waals surface area contributed by atoms with E-state index in [0.29, 0.717) is 29.1 Å². The highest BCUT2D eigenvalue weighted by Crippen LogP contribution is 2.32. The van der Waals surface area contributed by atoms with E-state index in [1.807, 2.05) is 19.1 Å². The summed E-state index contributed by atoms with van der Waals surface area (Å²) >= 11 is 0. The minimum absolute atomic E-state index is 0.221. The fourth-order valence-corrected chi connectivity index (χ4v) is 5.28. The Morgan fingerprint density at radius 3 is 2.47 bits per heavy atom. The van der Waals surface area contributed by atoms with Crippen molar-refractivity contribution in [3.05, 3.63) is 76.1 Å². The molecule has 4 aromatic rings. The number of nitrogens with zero attached hydrogens (tertiary/aromatic N) is 3. The number of aryl methyl sites for hydroxylation is 2. The zero-order valence-electron chi connectivity index (χ0n) is 20.8. The maximum Gasteiger partial charge on any atom is 0.329 e. The van der Waals surface area contributed by atoms with E-state index < -0.39 is 15.9 Å². The number of hydrogen-bond acceptors (Lipinski definition) is 6. The first kappa shape index (κ1) is 25.4. The number of aromatic nitrogens is 3. The van der Waals surface area contributed by atoms with Crippen LogP contribution < -0.4 is 15.2 Å². The van der Waals surface area contributed by atoms with Gasteiger partial charge in [0.05, 0.1) is 42.2 Å². The van der Waals surface area contributed by atoms with Gasteiger partial charge in [-0.1, -0.05) is 12.1 Å². The van der Waals surface area contributed by atoms with Crippen molar-refractivity contribution >= 4 is 20.9 Å². The van der Waals surface area contributed by atoms with Gasteiger partial charge in [0, 0.05) is 13.3 Å². The SMILES string of the molecule is CCOc1nc(C(CS(C)(=O)=O)n2c(=O)n(C)c3cc(-c4ccc(F)cc4C)ccc32)ccc1OC. The molecule has 4 rings (SSSR count). The number of pyridine rings is 1. The molecule has 0 amide bonds. The van der Waals surface area contributed by atoms with Crippen LogP contribution in [-0.4, -0.2) is 48.3 Å². The Morgan fingerprint density at radius 2 is 1.83 bits per heavy atom. The second kappa shape index (κ2) is 9.77. The summed E-state index contributed by atoms with van der Waals surface area (Å²) in [6.07, 6.45) is 1.12. The lowest BCUT2D eigenvalue weighted by molar-refractivity contribution is 0.296. The molecule has 2 aromatic carbocycles. The molecule has 0 saturated carbocycles. The molecule has 1 atom stereocenters. The van der Waals surface area contributed by atoms with E-state index >= 15 is 0 Å². The van der Waals surface area contributed by atoms with Gasteiger partial charge in [-0.05, 0) is 66.9 Å². The van der Waals surface area contributed by atoms with Gasteiger partial charge >= 0.3 is 5.69 Å². The molecule has 8 nitrogen and oxygen atoms in total. The van der Waals surface area contributed by atoms with Crippen LogP contribution in [0.4, 0.5) is 4.39 Å². The topological polar surface area (TPSA) is 92.4 Å². The minimum Gasteiger partial charge on any atom is -0.491 e. The largest absolute Gasteiger partial charge is 0.491 e. The summed E-state index contributed by atoms with van der Waals surface area (Å²) in [7, 11) is -0.393. The molecule has 0 spiro atoms. The third kappa shape index (κ3) is 4.86. The van der Waals surface area contributed by atoms with Gasteiger partial charge < -0.3 is 9.47 Å². The van der Waals surface area contributed by atoms with E-state index in [1.165, 1.54) is 28.4 Å². The summed E-state index contributed by atoms with van der Waals surface area (Å²) in [5.74, 6) is -0.0324. The fraction of sp³-hybridized carbons (Fsp3) is 0.308. The molecule has 2 aromatic heterocycles. The predicted molar refractivity (Wildman–Crippen MR) is 137 cm³/mol. The number of methoxy groups -OCH3 is 1. The number of hydrogen-bond donors (Lipinski definition) is 0. The van der Waals surface area contributed by atoms with Gasteiger partial charge in [-0.15, -0.1) is 0 Å². The van der Waals surface area contributed by atoms with Crippen LogP contribution >= 0.6 is 0 Å². The van der Waals surface area contributed by atoms with E-state index in [4.69, 9.17) is 9.47 Å². The Balaban J connectivity index is 1.93. The third-order valence-corrected chi connectivity index (χ3v) is 6.97. The number of benzene rings is 2. The lowest BCUT2D eigenvalue weighted by Crippen LogP contribution is -2.31. The van der Waals surface area contributed by atoms with Crippen molar-refractivity contribution in [1.82, 2.24) is 14.1 Å². The average Bonchev–Trinajstić information content (AvgIpc) is 3.06. The summed E-state index contributed by atoms with van der Waals surface area (Å²) in [6.45, 7) is 3.96. The molecular formula is C26H28FN3O5S. The third-order valence-electron chi connectivity index (χ3n) is 6.05. The van der Waals surface area contributed by atoms with E-state index in [-0.39, 0.29) is 23.1 Å². The van der Waals surface area contributed by atoms with E-state index in [2.05, 4.69) is 4.98 Å². The number of sulfone groups is 1. The highest BCUT2D eigenvalue weighted by molar-refractivity contribution is 7.90. The van der Waals surface area contributed by atoms with Gasteiger partial charge in [-0.2, -0.15) is 0 Å². The molecule has 0 aliphatic heterocycles. The van der Waals surface area contributed by atoms with Gasteiger partial charge in [0.25, 0.3) is 5.88 Å². The molecule has 0 saturated heterocycles. The van der Waals surface area contributed by atoms with Gasteiger partial charge in [0.15, 0.2) is 5.75 Å². The Bertz CT molecular complexity index is 1610. The Morgan fingerprint density at radius 1 is 1.08 bits per heavy atom. The van der Waals surface area contributed by atoms with Gasteiger partial charge in [0.2, 0.25) is 0 Å². The first-order valence-electron chi connectivity index (χ1n) is 11.4. The van der Waals surface area contributed by atoms with Crippen LogP contribution in [0.5, 0.6) is 11.6 Å². The first-order chi connectivity index (χ1) is 17.0. The molecule has 36 heavy (non-hydrogen) atoms. The van der Waals surface area contributed by atoms with Crippen molar-refractivity contribution in [2.24, 2.45) is 7.05 Å². The van der Waals surface area contributed by atoms with Crippen LogP contribution in [0.15, 0.2) is 53.3 Å². The maximum atomic E-state index is 13.6. The number of imidazole rings is 1. The quantitative estimate of drug-likeness (QED) is 0.355. The average molecular weight is 514 g/mol. The number of rotatable bonds is 8. The van der Waals surface area contributed by atoms with E-state index in [1.54, 1.807) is 38.2 Å². The zero-order valence-corrected chi connectivity index (χ0v) is 21.6.